The Morgan fingerprint density at radius 1 is 1.14 bits per heavy atom. The molecule has 0 atom stereocenters. The number of carbonyl (C=O) groups is 1. The molecule has 4 rings (SSSR count). The number of nitrogens with zero attached hydrogens (tertiary/aromatic N) is 3. The van der Waals surface area contributed by atoms with Gasteiger partial charge in [-0.1, -0.05) is 36.9 Å². The Kier molecular flexibility index (Phi) is 7.21. The quantitative estimate of drug-likeness (QED) is 0.163. The first-order valence-corrected chi connectivity index (χ1v) is 11.8. The molecule has 1 heterocycles. The lowest BCUT2D eigenvalue weighted by molar-refractivity contribution is -0.384. The van der Waals surface area contributed by atoms with Crippen molar-refractivity contribution in [3.8, 4) is 5.69 Å². The van der Waals surface area contributed by atoms with Crippen LogP contribution in [0.1, 0.15) is 29.3 Å². The number of nitro groups is 1. The average Bonchev–Trinajstić information content (AvgIpc) is 2.85. The summed E-state index contributed by atoms with van der Waals surface area (Å²) in [6.45, 7) is 2.47. The molecular weight excluding hydrogens is 471 g/mol. The number of thioether (sulfide) groups is 1. The molecule has 0 saturated carbocycles. The van der Waals surface area contributed by atoms with Crippen molar-refractivity contribution in [1.29, 1.82) is 0 Å². The maximum atomic E-state index is 14.0. The number of aromatic nitrogens is 2. The molecule has 0 aliphatic carbocycles. The number of rotatable bonds is 8. The normalized spacial score (nSPS) is 10.9. The number of fused-ring (bicyclic) bond motifs is 1. The van der Waals surface area contributed by atoms with Crippen molar-refractivity contribution < 1.29 is 14.1 Å². The molecule has 10 heteroatoms. The molecular formula is C25H21FN4O4S. The number of nitrogens with one attached hydrogen (secondary N) is 1. The van der Waals surface area contributed by atoms with Gasteiger partial charge in [-0.05, 0) is 48.4 Å². The van der Waals surface area contributed by atoms with Crippen molar-refractivity contribution in [3.05, 3.63) is 104 Å². The summed E-state index contributed by atoms with van der Waals surface area (Å²) in [5, 5.41) is 14.5. The van der Waals surface area contributed by atoms with Gasteiger partial charge in [-0.25, -0.2) is 9.37 Å². The highest BCUT2D eigenvalue weighted by Crippen LogP contribution is 2.26. The standard InChI is InChI=1S/C25H21FN4O4S/c1-2-11-27-23(31)17-9-10-21-22(13-17)28-25(29(24(21)32)19-7-4-6-18(26)14-19)35-15-16-5-3-8-20(12-16)30(33)34/h3-10,12-14H,2,11,15H2,1H3,(H,27,31). The molecule has 0 radical (unpaired) electrons. The van der Waals surface area contributed by atoms with Crippen LogP contribution in [0.3, 0.4) is 0 Å². The molecule has 0 spiro atoms. The Labute approximate surface area is 204 Å². The third kappa shape index (κ3) is 5.38. The third-order valence-corrected chi connectivity index (χ3v) is 6.20. The molecule has 1 aromatic heterocycles. The van der Waals surface area contributed by atoms with Gasteiger partial charge < -0.3 is 5.32 Å². The van der Waals surface area contributed by atoms with Gasteiger partial charge in [-0.15, -0.1) is 0 Å². The number of hydrogen-bond donors (Lipinski definition) is 1. The van der Waals surface area contributed by atoms with Crippen molar-refractivity contribution in [2.75, 3.05) is 6.54 Å². The molecule has 0 fully saturated rings. The van der Waals surface area contributed by atoms with E-state index in [0.29, 0.717) is 28.9 Å². The SMILES string of the molecule is CCCNC(=O)c1ccc2c(=O)n(-c3cccc(F)c3)c(SCc3cccc([N+](=O)[O-])c3)nc2c1. The monoisotopic (exact) mass is 492 g/mol. The van der Waals surface area contributed by atoms with E-state index in [2.05, 4.69) is 10.3 Å². The summed E-state index contributed by atoms with van der Waals surface area (Å²) < 4.78 is 15.3. The summed E-state index contributed by atoms with van der Waals surface area (Å²) in [4.78, 5) is 41.1. The van der Waals surface area contributed by atoms with E-state index in [1.165, 1.54) is 52.7 Å². The lowest BCUT2D eigenvalue weighted by atomic mass is 10.1. The van der Waals surface area contributed by atoms with Gasteiger partial charge in [0, 0.05) is 30.0 Å². The minimum atomic E-state index is -0.507. The fourth-order valence-corrected chi connectivity index (χ4v) is 4.45. The van der Waals surface area contributed by atoms with Gasteiger partial charge in [0.1, 0.15) is 5.82 Å². The number of benzene rings is 3. The Hall–Kier alpha value is -4.05. The molecule has 1 amide bonds. The fourth-order valence-electron chi connectivity index (χ4n) is 3.49. The minimum absolute atomic E-state index is 0.0418. The van der Waals surface area contributed by atoms with Gasteiger partial charge in [0.05, 0.1) is 21.5 Å². The van der Waals surface area contributed by atoms with E-state index in [-0.39, 0.29) is 27.9 Å². The minimum Gasteiger partial charge on any atom is -0.352 e. The van der Waals surface area contributed by atoms with Gasteiger partial charge in [0.25, 0.3) is 17.2 Å². The van der Waals surface area contributed by atoms with E-state index in [1.54, 1.807) is 30.3 Å². The maximum Gasteiger partial charge on any atom is 0.269 e. The molecule has 0 aliphatic heterocycles. The van der Waals surface area contributed by atoms with E-state index in [9.17, 15) is 24.1 Å². The zero-order valence-corrected chi connectivity index (χ0v) is 19.5. The van der Waals surface area contributed by atoms with Crippen molar-refractivity contribution in [2.45, 2.75) is 24.3 Å². The third-order valence-electron chi connectivity index (χ3n) is 5.19. The van der Waals surface area contributed by atoms with Gasteiger partial charge in [-0.3, -0.25) is 24.3 Å². The summed E-state index contributed by atoms with van der Waals surface area (Å²) >= 11 is 1.18. The summed E-state index contributed by atoms with van der Waals surface area (Å²) in [5.41, 5.74) is 1.21. The number of amides is 1. The van der Waals surface area contributed by atoms with Crippen molar-refractivity contribution in [1.82, 2.24) is 14.9 Å². The number of nitro benzene ring substituents is 1. The van der Waals surface area contributed by atoms with Gasteiger partial charge >= 0.3 is 0 Å². The van der Waals surface area contributed by atoms with E-state index >= 15 is 0 Å². The smallest absolute Gasteiger partial charge is 0.269 e. The van der Waals surface area contributed by atoms with E-state index in [1.807, 2.05) is 6.92 Å². The maximum absolute atomic E-state index is 14.0. The molecule has 4 aromatic rings. The molecule has 0 bridgehead atoms. The first-order chi connectivity index (χ1) is 16.9. The molecule has 8 nitrogen and oxygen atoms in total. The van der Waals surface area contributed by atoms with Crippen molar-refractivity contribution >= 4 is 34.3 Å². The predicted molar refractivity (Wildman–Crippen MR) is 133 cm³/mol. The fraction of sp³-hybridized carbons (Fsp3) is 0.160. The average molecular weight is 493 g/mol. The second-order valence-electron chi connectivity index (χ2n) is 7.72. The second-order valence-corrected chi connectivity index (χ2v) is 8.66. The van der Waals surface area contributed by atoms with Crippen LogP contribution in [0.15, 0.2) is 76.7 Å². The Balaban J connectivity index is 1.80. The van der Waals surface area contributed by atoms with Crippen LogP contribution >= 0.6 is 11.8 Å². The molecule has 1 N–H and O–H groups in total. The van der Waals surface area contributed by atoms with Crippen LogP contribution in [0, 0.1) is 15.9 Å². The topological polar surface area (TPSA) is 107 Å². The summed E-state index contributed by atoms with van der Waals surface area (Å²) in [6.07, 6.45) is 0.786. The highest BCUT2D eigenvalue weighted by Gasteiger charge is 2.16. The number of carbonyl (C=O) groups excluding carboxylic acids is 1. The first kappa shape index (κ1) is 24.1. The molecule has 35 heavy (non-hydrogen) atoms. The second kappa shape index (κ2) is 10.5. The highest BCUT2D eigenvalue weighted by molar-refractivity contribution is 7.98. The van der Waals surface area contributed by atoms with E-state index in [4.69, 9.17) is 0 Å². The predicted octanol–water partition coefficient (Wildman–Crippen LogP) is 4.87. The van der Waals surface area contributed by atoms with Crippen LogP contribution in [0.25, 0.3) is 16.6 Å². The summed E-state index contributed by atoms with van der Waals surface area (Å²) in [5.74, 6) is -0.492. The van der Waals surface area contributed by atoms with Crippen LogP contribution in [0.4, 0.5) is 10.1 Å². The Morgan fingerprint density at radius 3 is 2.69 bits per heavy atom. The zero-order valence-electron chi connectivity index (χ0n) is 18.7. The van der Waals surface area contributed by atoms with Crippen LogP contribution in [0.5, 0.6) is 0 Å². The van der Waals surface area contributed by atoms with E-state index in [0.717, 1.165) is 6.42 Å². The van der Waals surface area contributed by atoms with Crippen molar-refractivity contribution in [2.24, 2.45) is 0 Å². The number of non-ortho nitro benzene ring substituents is 1. The zero-order chi connectivity index (χ0) is 24.9. The Morgan fingerprint density at radius 2 is 1.94 bits per heavy atom. The van der Waals surface area contributed by atoms with E-state index < -0.39 is 16.3 Å². The largest absolute Gasteiger partial charge is 0.352 e. The molecule has 178 valence electrons. The highest BCUT2D eigenvalue weighted by atomic mass is 32.2. The molecule has 0 unspecified atom stereocenters. The first-order valence-electron chi connectivity index (χ1n) is 10.8. The lowest BCUT2D eigenvalue weighted by Gasteiger charge is -2.14. The molecule has 0 saturated heterocycles. The van der Waals surface area contributed by atoms with Crippen LogP contribution in [-0.2, 0) is 5.75 Å². The Bertz CT molecular complexity index is 1490. The van der Waals surface area contributed by atoms with Crippen LogP contribution in [0.2, 0.25) is 0 Å². The molecule has 0 aliphatic rings. The van der Waals surface area contributed by atoms with Crippen LogP contribution in [-0.4, -0.2) is 26.9 Å². The van der Waals surface area contributed by atoms with Gasteiger partial charge in [-0.2, -0.15) is 0 Å². The molecule has 3 aromatic carbocycles. The number of hydrogen-bond acceptors (Lipinski definition) is 6. The summed E-state index contributed by atoms with van der Waals surface area (Å²) in [7, 11) is 0. The number of halogens is 1. The van der Waals surface area contributed by atoms with Crippen LogP contribution < -0.4 is 10.9 Å². The van der Waals surface area contributed by atoms with Gasteiger partial charge in [0.2, 0.25) is 0 Å². The summed E-state index contributed by atoms with van der Waals surface area (Å²) in [6, 6.07) is 16.4. The van der Waals surface area contributed by atoms with Crippen molar-refractivity contribution in [3.63, 3.8) is 0 Å². The van der Waals surface area contributed by atoms with Gasteiger partial charge in [0.15, 0.2) is 5.16 Å². The lowest BCUT2D eigenvalue weighted by Crippen LogP contribution is -2.25.